The molecular formula is C14H14BrF3N2S. The number of aryl methyl sites for hydroxylation is 1. The summed E-state index contributed by atoms with van der Waals surface area (Å²) in [7, 11) is 0. The molecule has 2 N–H and O–H groups in total. The first-order chi connectivity index (χ1) is 9.81. The first kappa shape index (κ1) is 16.3. The zero-order valence-corrected chi connectivity index (χ0v) is 13.7. The van der Waals surface area contributed by atoms with Crippen LogP contribution in [0.3, 0.4) is 0 Å². The van der Waals surface area contributed by atoms with Crippen LogP contribution in [0.2, 0.25) is 0 Å². The molecule has 0 saturated carbocycles. The van der Waals surface area contributed by atoms with Crippen molar-refractivity contribution in [2.45, 2.75) is 32.4 Å². The molecule has 114 valence electrons. The van der Waals surface area contributed by atoms with Gasteiger partial charge in [-0.25, -0.2) is 4.98 Å². The number of nitrogens with two attached hydrogens (primary N) is 1. The highest BCUT2D eigenvalue weighted by molar-refractivity contribution is 9.10. The second kappa shape index (κ2) is 6.36. The van der Waals surface area contributed by atoms with Crippen molar-refractivity contribution in [3.8, 4) is 0 Å². The third-order valence-electron chi connectivity index (χ3n) is 2.98. The van der Waals surface area contributed by atoms with Gasteiger partial charge in [0.1, 0.15) is 0 Å². The second-order valence-electron chi connectivity index (χ2n) is 4.66. The molecule has 0 aliphatic heterocycles. The molecule has 21 heavy (non-hydrogen) atoms. The number of aromatic nitrogens is 1. The summed E-state index contributed by atoms with van der Waals surface area (Å²) in [5, 5.41) is 0.460. The highest BCUT2D eigenvalue weighted by atomic mass is 79.9. The maximum absolute atomic E-state index is 12.9. The number of nitrogen functional groups attached to an aromatic ring is 1. The molecule has 2 aromatic rings. The Balaban J connectivity index is 2.32. The number of thiazole rings is 1. The lowest BCUT2D eigenvalue weighted by atomic mass is 10.1. The molecule has 2 rings (SSSR count). The molecular weight excluding hydrogens is 365 g/mol. The van der Waals surface area contributed by atoms with Gasteiger partial charge >= 0.3 is 6.18 Å². The van der Waals surface area contributed by atoms with Crippen LogP contribution in [0.5, 0.6) is 0 Å². The number of benzene rings is 1. The number of nitrogens with zero attached hydrogens (tertiary/aromatic N) is 1. The maximum Gasteiger partial charge on any atom is 0.417 e. The Morgan fingerprint density at radius 2 is 2.05 bits per heavy atom. The second-order valence-corrected chi connectivity index (χ2v) is 6.63. The maximum atomic E-state index is 12.9. The van der Waals surface area contributed by atoms with Crippen molar-refractivity contribution in [1.82, 2.24) is 4.98 Å². The molecule has 1 aromatic heterocycles. The van der Waals surface area contributed by atoms with Crippen molar-refractivity contribution in [3.63, 3.8) is 0 Å². The van der Waals surface area contributed by atoms with Gasteiger partial charge in [-0.2, -0.15) is 13.2 Å². The van der Waals surface area contributed by atoms with Crippen LogP contribution in [0.1, 0.15) is 35.0 Å². The normalized spacial score (nSPS) is 11.9. The first-order valence-electron chi connectivity index (χ1n) is 6.41. The van der Waals surface area contributed by atoms with Gasteiger partial charge in [-0.05, 0) is 24.1 Å². The van der Waals surface area contributed by atoms with Crippen LogP contribution in [-0.2, 0) is 19.0 Å². The predicted molar refractivity (Wildman–Crippen MR) is 82.5 cm³/mol. The zero-order valence-electron chi connectivity index (χ0n) is 11.3. The van der Waals surface area contributed by atoms with Gasteiger partial charge in [-0.1, -0.05) is 35.3 Å². The lowest BCUT2D eigenvalue weighted by Gasteiger charge is -2.11. The van der Waals surface area contributed by atoms with Crippen molar-refractivity contribution < 1.29 is 13.2 Å². The van der Waals surface area contributed by atoms with Crippen LogP contribution < -0.4 is 5.73 Å². The Labute approximate surface area is 133 Å². The molecule has 1 heterocycles. The minimum Gasteiger partial charge on any atom is -0.375 e. The molecule has 0 spiro atoms. The van der Waals surface area contributed by atoms with Gasteiger partial charge in [0.15, 0.2) is 5.13 Å². The first-order valence-corrected chi connectivity index (χ1v) is 8.02. The molecule has 0 aliphatic rings. The summed E-state index contributed by atoms with van der Waals surface area (Å²) >= 11 is 4.29. The third kappa shape index (κ3) is 3.97. The molecule has 0 saturated heterocycles. The quantitative estimate of drug-likeness (QED) is 0.808. The average Bonchev–Trinajstić information content (AvgIpc) is 2.71. The van der Waals surface area contributed by atoms with Crippen LogP contribution in [0.15, 0.2) is 22.7 Å². The minimum absolute atomic E-state index is 0.0522. The van der Waals surface area contributed by atoms with Gasteiger partial charge in [0, 0.05) is 15.8 Å². The molecule has 0 aliphatic carbocycles. The SMILES string of the molecule is CCCc1nc(N)sc1Cc1ccc(Br)c(C(F)(F)F)c1. The van der Waals surface area contributed by atoms with E-state index in [0.717, 1.165) is 23.4 Å². The van der Waals surface area contributed by atoms with E-state index in [1.165, 1.54) is 23.5 Å². The number of alkyl halides is 3. The molecule has 2 nitrogen and oxygen atoms in total. The summed E-state index contributed by atoms with van der Waals surface area (Å²) < 4.78 is 38.8. The van der Waals surface area contributed by atoms with E-state index in [1.54, 1.807) is 6.07 Å². The number of rotatable bonds is 4. The van der Waals surface area contributed by atoms with Gasteiger partial charge in [-0.3, -0.25) is 0 Å². The summed E-state index contributed by atoms with van der Waals surface area (Å²) in [5.74, 6) is 0. The average molecular weight is 379 g/mol. The van der Waals surface area contributed by atoms with Crippen molar-refractivity contribution in [2.24, 2.45) is 0 Å². The van der Waals surface area contributed by atoms with Crippen LogP contribution in [-0.4, -0.2) is 4.98 Å². The fourth-order valence-corrected chi connectivity index (χ4v) is 3.44. The van der Waals surface area contributed by atoms with Crippen LogP contribution in [0, 0.1) is 0 Å². The summed E-state index contributed by atoms with van der Waals surface area (Å²) in [6, 6.07) is 4.29. The monoisotopic (exact) mass is 378 g/mol. The molecule has 0 amide bonds. The van der Waals surface area contributed by atoms with Gasteiger partial charge in [0.25, 0.3) is 0 Å². The summed E-state index contributed by atoms with van der Waals surface area (Å²) in [5.41, 5.74) is 6.54. The van der Waals surface area contributed by atoms with Crippen LogP contribution in [0.25, 0.3) is 0 Å². The van der Waals surface area contributed by atoms with E-state index in [1.807, 2.05) is 6.92 Å². The molecule has 0 bridgehead atoms. The van der Waals surface area contributed by atoms with Crippen LogP contribution >= 0.6 is 27.3 Å². The third-order valence-corrected chi connectivity index (χ3v) is 4.60. The Morgan fingerprint density at radius 1 is 1.33 bits per heavy atom. The molecule has 7 heteroatoms. The highest BCUT2D eigenvalue weighted by Gasteiger charge is 2.33. The highest BCUT2D eigenvalue weighted by Crippen LogP contribution is 2.36. The molecule has 0 unspecified atom stereocenters. The van der Waals surface area contributed by atoms with Crippen molar-refractivity contribution in [1.29, 1.82) is 0 Å². The Kier molecular flexibility index (Phi) is 4.93. The van der Waals surface area contributed by atoms with E-state index in [2.05, 4.69) is 20.9 Å². The van der Waals surface area contributed by atoms with Crippen molar-refractivity contribution in [3.05, 3.63) is 44.4 Å². The Morgan fingerprint density at radius 3 is 2.67 bits per heavy atom. The minimum atomic E-state index is -4.37. The summed E-state index contributed by atoms with van der Waals surface area (Å²) in [6.45, 7) is 2.03. The van der Waals surface area contributed by atoms with Gasteiger partial charge in [0.2, 0.25) is 0 Å². The zero-order chi connectivity index (χ0) is 15.6. The lowest BCUT2D eigenvalue weighted by molar-refractivity contribution is -0.138. The van der Waals surface area contributed by atoms with Gasteiger partial charge < -0.3 is 5.73 Å². The van der Waals surface area contributed by atoms with Gasteiger partial charge in [-0.15, -0.1) is 11.3 Å². The number of hydrogen-bond donors (Lipinski definition) is 1. The smallest absolute Gasteiger partial charge is 0.375 e. The van der Waals surface area contributed by atoms with Crippen molar-refractivity contribution in [2.75, 3.05) is 5.73 Å². The Hall–Kier alpha value is -1.08. The van der Waals surface area contributed by atoms with E-state index in [9.17, 15) is 13.2 Å². The lowest BCUT2D eigenvalue weighted by Crippen LogP contribution is -2.07. The van der Waals surface area contributed by atoms with Crippen LogP contribution in [0.4, 0.5) is 18.3 Å². The Bertz CT molecular complexity index is 638. The predicted octanol–water partition coefficient (Wildman–Crippen LogP) is 5.05. The van der Waals surface area contributed by atoms with E-state index in [-0.39, 0.29) is 4.47 Å². The number of anilines is 1. The summed E-state index contributed by atoms with van der Waals surface area (Å²) in [6.07, 6.45) is -2.25. The molecule has 0 atom stereocenters. The van der Waals surface area contributed by atoms with E-state index in [0.29, 0.717) is 17.1 Å². The number of hydrogen-bond acceptors (Lipinski definition) is 3. The summed E-state index contributed by atoms with van der Waals surface area (Å²) in [4.78, 5) is 5.19. The largest absolute Gasteiger partial charge is 0.417 e. The van der Waals surface area contributed by atoms with E-state index >= 15 is 0 Å². The fourth-order valence-electron chi connectivity index (χ4n) is 2.06. The van der Waals surface area contributed by atoms with E-state index in [4.69, 9.17) is 5.73 Å². The van der Waals surface area contributed by atoms with Gasteiger partial charge in [0.05, 0.1) is 11.3 Å². The standard InChI is InChI=1S/C14H14BrF3N2S/c1-2-3-11-12(21-13(19)20-11)7-8-4-5-10(15)9(6-8)14(16,17)18/h4-6H,2-3,7H2,1H3,(H2,19,20). The molecule has 0 radical (unpaired) electrons. The molecule has 1 aromatic carbocycles. The topological polar surface area (TPSA) is 38.9 Å². The molecule has 0 fully saturated rings. The number of halogens is 4. The van der Waals surface area contributed by atoms with Crippen molar-refractivity contribution >= 4 is 32.4 Å². The van der Waals surface area contributed by atoms with E-state index < -0.39 is 11.7 Å². The fraction of sp³-hybridized carbons (Fsp3) is 0.357.